The molecule has 0 bridgehead atoms. The molecule has 0 aliphatic carbocycles. The number of H-pyrrole nitrogens is 1. The van der Waals surface area contributed by atoms with Crippen LogP contribution in [0.25, 0.3) is 28.0 Å². The van der Waals surface area contributed by atoms with Crippen molar-refractivity contribution in [2.45, 2.75) is 0 Å². The molecule has 0 spiro atoms. The molecular formula is C17H12N4O. The summed E-state index contributed by atoms with van der Waals surface area (Å²) in [6.45, 7) is 0. The molecule has 0 aliphatic rings. The van der Waals surface area contributed by atoms with E-state index < -0.39 is 0 Å². The maximum absolute atomic E-state index is 11.4. The molecule has 0 saturated carbocycles. The first-order valence-electron chi connectivity index (χ1n) is 6.91. The van der Waals surface area contributed by atoms with Crippen LogP contribution in [0.3, 0.4) is 0 Å². The number of nitrogens with one attached hydrogen (secondary N) is 1. The maximum atomic E-state index is 11.4. The lowest BCUT2D eigenvalue weighted by Gasteiger charge is -2.04. The highest BCUT2D eigenvalue weighted by atomic mass is 16.1. The Labute approximate surface area is 125 Å². The van der Waals surface area contributed by atoms with Crippen LogP contribution in [-0.4, -0.2) is 19.7 Å². The van der Waals surface area contributed by atoms with E-state index in [0.29, 0.717) is 5.82 Å². The van der Waals surface area contributed by atoms with E-state index >= 15 is 0 Å². The third-order valence-corrected chi connectivity index (χ3v) is 3.50. The summed E-state index contributed by atoms with van der Waals surface area (Å²) in [6.07, 6.45) is 3.53. The van der Waals surface area contributed by atoms with Gasteiger partial charge in [0.15, 0.2) is 5.82 Å². The van der Waals surface area contributed by atoms with Gasteiger partial charge < -0.3 is 4.98 Å². The van der Waals surface area contributed by atoms with Gasteiger partial charge in [-0.1, -0.05) is 30.3 Å². The SMILES string of the molecule is O=c1ccc2c(-n3ccc(-c4ccccc4)n3)nccc2[nH]1. The molecule has 5 nitrogen and oxygen atoms in total. The Balaban J connectivity index is 1.87. The Morgan fingerprint density at radius 3 is 2.68 bits per heavy atom. The minimum absolute atomic E-state index is 0.130. The fourth-order valence-electron chi connectivity index (χ4n) is 2.46. The summed E-state index contributed by atoms with van der Waals surface area (Å²) in [7, 11) is 0. The van der Waals surface area contributed by atoms with Gasteiger partial charge in [-0.05, 0) is 18.2 Å². The molecule has 106 valence electrons. The van der Waals surface area contributed by atoms with E-state index in [1.807, 2.05) is 42.6 Å². The topological polar surface area (TPSA) is 63.6 Å². The molecule has 0 aliphatic heterocycles. The molecule has 1 aromatic carbocycles. The number of hydrogen-bond acceptors (Lipinski definition) is 3. The average Bonchev–Trinajstić information content (AvgIpc) is 3.04. The Hall–Kier alpha value is -3.21. The molecule has 0 radical (unpaired) electrons. The van der Waals surface area contributed by atoms with Gasteiger partial charge >= 0.3 is 0 Å². The van der Waals surface area contributed by atoms with Crippen LogP contribution in [0.15, 0.2) is 71.8 Å². The van der Waals surface area contributed by atoms with Crippen molar-refractivity contribution >= 4 is 10.9 Å². The molecule has 0 saturated heterocycles. The van der Waals surface area contributed by atoms with Crippen molar-refractivity contribution in [1.29, 1.82) is 0 Å². The number of fused-ring (bicyclic) bond motifs is 1. The molecule has 3 aromatic heterocycles. The van der Waals surface area contributed by atoms with E-state index in [4.69, 9.17) is 0 Å². The molecule has 5 heteroatoms. The van der Waals surface area contributed by atoms with Crippen LogP contribution in [0, 0.1) is 0 Å². The largest absolute Gasteiger partial charge is 0.322 e. The molecule has 4 aromatic rings. The fourth-order valence-corrected chi connectivity index (χ4v) is 2.46. The third kappa shape index (κ3) is 2.09. The van der Waals surface area contributed by atoms with Crippen LogP contribution in [0.1, 0.15) is 0 Å². The first-order chi connectivity index (χ1) is 10.8. The van der Waals surface area contributed by atoms with Crippen molar-refractivity contribution in [3.05, 3.63) is 77.3 Å². The minimum Gasteiger partial charge on any atom is -0.322 e. The maximum Gasteiger partial charge on any atom is 0.248 e. The Bertz CT molecular complexity index is 1000. The number of pyridine rings is 2. The van der Waals surface area contributed by atoms with Crippen molar-refractivity contribution in [1.82, 2.24) is 19.7 Å². The highest BCUT2D eigenvalue weighted by Gasteiger charge is 2.08. The number of hydrogen-bond donors (Lipinski definition) is 1. The minimum atomic E-state index is -0.130. The zero-order chi connectivity index (χ0) is 14.9. The lowest BCUT2D eigenvalue weighted by atomic mass is 10.2. The van der Waals surface area contributed by atoms with Crippen LogP contribution in [-0.2, 0) is 0 Å². The summed E-state index contributed by atoms with van der Waals surface area (Å²) < 4.78 is 1.73. The molecule has 0 atom stereocenters. The Morgan fingerprint density at radius 2 is 1.82 bits per heavy atom. The summed E-state index contributed by atoms with van der Waals surface area (Å²) in [6, 6.07) is 17.0. The summed E-state index contributed by atoms with van der Waals surface area (Å²) in [5.74, 6) is 0.691. The second kappa shape index (κ2) is 4.96. The van der Waals surface area contributed by atoms with Gasteiger partial charge in [0.05, 0.1) is 11.2 Å². The van der Waals surface area contributed by atoms with Crippen molar-refractivity contribution < 1.29 is 0 Å². The van der Waals surface area contributed by atoms with Crippen LogP contribution in [0.4, 0.5) is 0 Å². The van der Waals surface area contributed by atoms with E-state index in [9.17, 15) is 4.79 Å². The number of aromatic amines is 1. The second-order valence-electron chi connectivity index (χ2n) is 4.93. The number of nitrogens with zero attached hydrogens (tertiary/aromatic N) is 3. The van der Waals surface area contributed by atoms with Gasteiger partial charge in [-0.2, -0.15) is 5.10 Å². The fraction of sp³-hybridized carbons (Fsp3) is 0. The van der Waals surface area contributed by atoms with Crippen molar-refractivity contribution in [2.75, 3.05) is 0 Å². The van der Waals surface area contributed by atoms with Gasteiger partial charge in [-0.3, -0.25) is 4.79 Å². The normalized spacial score (nSPS) is 10.9. The van der Waals surface area contributed by atoms with Crippen LogP contribution in [0.2, 0.25) is 0 Å². The lowest BCUT2D eigenvalue weighted by Crippen LogP contribution is -2.05. The smallest absolute Gasteiger partial charge is 0.248 e. The van der Waals surface area contributed by atoms with Gasteiger partial charge in [0.2, 0.25) is 5.56 Å². The molecule has 3 heterocycles. The quantitative estimate of drug-likeness (QED) is 0.617. The highest BCUT2D eigenvalue weighted by Crippen LogP contribution is 2.20. The van der Waals surface area contributed by atoms with Crippen molar-refractivity contribution in [3.63, 3.8) is 0 Å². The first kappa shape index (κ1) is 12.5. The monoisotopic (exact) mass is 288 g/mol. The van der Waals surface area contributed by atoms with Gasteiger partial charge in [0, 0.05) is 29.4 Å². The molecule has 0 fully saturated rings. The number of benzene rings is 1. The second-order valence-corrected chi connectivity index (χ2v) is 4.93. The van der Waals surface area contributed by atoms with Gasteiger partial charge in [0.25, 0.3) is 0 Å². The number of aromatic nitrogens is 4. The molecule has 4 rings (SSSR count). The summed E-state index contributed by atoms with van der Waals surface area (Å²) >= 11 is 0. The van der Waals surface area contributed by atoms with Gasteiger partial charge in [0.1, 0.15) is 0 Å². The van der Waals surface area contributed by atoms with E-state index in [-0.39, 0.29) is 5.56 Å². The molecule has 22 heavy (non-hydrogen) atoms. The van der Waals surface area contributed by atoms with Crippen molar-refractivity contribution in [2.24, 2.45) is 0 Å². The van der Waals surface area contributed by atoms with Gasteiger partial charge in [-0.25, -0.2) is 9.67 Å². The summed E-state index contributed by atoms with van der Waals surface area (Å²) in [5.41, 5.74) is 2.54. The zero-order valence-corrected chi connectivity index (χ0v) is 11.6. The van der Waals surface area contributed by atoms with Crippen molar-refractivity contribution in [3.8, 4) is 17.1 Å². The molecule has 0 unspecified atom stereocenters. The van der Waals surface area contributed by atoms with Crippen LogP contribution < -0.4 is 5.56 Å². The predicted octanol–water partition coefficient (Wildman–Crippen LogP) is 2.78. The lowest BCUT2D eigenvalue weighted by molar-refractivity contribution is 0.858. The molecular weight excluding hydrogens is 276 g/mol. The standard InChI is InChI=1S/C17H12N4O/c22-16-7-6-13-15(19-16)8-10-18-17(13)21-11-9-14(20-21)12-4-2-1-3-5-12/h1-11H,(H,19,22). The van der Waals surface area contributed by atoms with E-state index in [1.54, 1.807) is 23.0 Å². The first-order valence-corrected chi connectivity index (χ1v) is 6.91. The summed E-state index contributed by atoms with van der Waals surface area (Å²) in [5, 5.41) is 5.44. The number of rotatable bonds is 2. The van der Waals surface area contributed by atoms with Gasteiger partial charge in [-0.15, -0.1) is 0 Å². The summed E-state index contributed by atoms with van der Waals surface area (Å²) in [4.78, 5) is 18.6. The predicted molar refractivity (Wildman–Crippen MR) is 84.9 cm³/mol. The van der Waals surface area contributed by atoms with E-state index in [1.165, 1.54) is 6.07 Å². The zero-order valence-electron chi connectivity index (χ0n) is 11.6. The Morgan fingerprint density at radius 1 is 0.955 bits per heavy atom. The van der Waals surface area contributed by atoms with Crippen LogP contribution >= 0.6 is 0 Å². The Kier molecular flexibility index (Phi) is 2.83. The van der Waals surface area contributed by atoms with E-state index in [0.717, 1.165) is 22.2 Å². The molecule has 1 N–H and O–H groups in total. The van der Waals surface area contributed by atoms with E-state index in [2.05, 4.69) is 15.1 Å². The average molecular weight is 288 g/mol. The highest BCUT2D eigenvalue weighted by molar-refractivity contribution is 5.84. The third-order valence-electron chi connectivity index (χ3n) is 3.50. The van der Waals surface area contributed by atoms with Crippen LogP contribution in [0.5, 0.6) is 0 Å². The molecule has 0 amide bonds.